The van der Waals surface area contributed by atoms with Gasteiger partial charge in [-0.1, -0.05) is 19.1 Å². The van der Waals surface area contributed by atoms with Gasteiger partial charge in [-0.3, -0.25) is 4.79 Å². The quantitative estimate of drug-likeness (QED) is 0.851. The molecule has 0 radical (unpaired) electrons. The van der Waals surface area contributed by atoms with Gasteiger partial charge in [-0.05, 0) is 49.6 Å². The van der Waals surface area contributed by atoms with E-state index in [9.17, 15) is 4.79 Å². The fourth-order valence-corrected chi connectivity index (χ4v) is 3.03. The molecule has 0 saturated carbocycles. The Hall–Kier alpha value is -1.68. The molecule has 1 amide bonds. The molecule has 0 spiro atoms. The van der Waals surface area contributed by atoms with Crippen molar-refractivity contribution in [1.29, 1.82) is 0 Å². The van der Waals surface area contributed by atoms with Crippen LogP contribution in [0.2, 0.25) is 0 Å². The number of hydrogen-bond donors (Lipinski definition) is 1. The SMILES string of the molecule is CCC(SCc1ccco1)C(=O)Nc1cccc(C)c1C. The Morgan fingerprint density at radius 2 is 2.10 bits per heavy atom. The number of amides is 1. The molecule has 1 heterocycles. The van der Waals surface area contributed by atoms with Crippen LogP contribution in [-0.2, 0) is 10.5 Å². The third-order valence-corrected chi connectivity index (χ3v) is 4.93. The highest BCUT2D eigenvalue weighted by Crippen LogP contribution is 2.24. The monoisotopic (exact) mass is 303 g/mol. The molecule has 112 valence electrons. The van der Waals surface area contributed by atoms with Crippen LogP contribution in [0, 0.1) is 13.8 Å². The van der Waals surface area contributed by atoms with E-state index in [-0.39, 0.29) is 11.2 Å². The van der Waals surface area contributed by atoms with Crippen LogP contribution in [0.15, 0.2) is 41.0 Å². The lowest BCUT2D eigenvalue weighted by Gasteiger charge is -2.16. The molecule has 3 nitrogen and oxygen atoms in total. The molecule has 21 heavy (non-hydrogen) atoms. The molecule has 1 aromatic heterocycles. The summed E-state index contributed by atoms with van der Waals surface area (Å²) in [6.45, 7) is 6.11. The van der Waals surface area contributed by atoms with Gasteiger partial charge in [0.2, 0.25) is 5.91 Å². The van der Waals surface area contributed by atoms with Crippen molar-refractivity contribution in [2.45, 2.75) is 38.2 Å². The molecular formula is C17H21NO2S. The minimum Gasteiger partial charge on any atom is -0.468 e. The Labute approximate surface area is 130 Å². The summed E-state index contributed by atoms with van der Waals surface area (Å²) in [5, 5.41) is 2.97. The standard InChI is InChI=1S/C17H21NO2S/c1-4-16(21-11-14-8-6-10-20-14)17(19)18-15-9-5-7-12(2)13(15)3/h5-10,16H,4,11H2,1-3H3,(H,18,19). The van der Waals surface area contributed by atoms with Crippen molar-refractivity contribution in [3.8, 4) is 0 Å². The largest absolute Gasteiger partial charge is 0.468 e. The second-order valence-corrected chi connectivity index (χ2v) is 6.22. The fourth-order valence-electron chi connectivity index (χ4n) is 2.06. The van der Waals surface area contributed by atoms with Gasteiger partial charge in [0.1, 0.15) is 5.76 Å². The van der Waals surface area contributed by atoms with E-state index in [1.807, 2.05) is 51.1 Å². The van der Waals surface area contributed by atoms with Gasteiger partial charge < -0.3 is 9.73 Å². The maximum Gasteiger partial charge on any atom is 0.237 e. The van der Waals surface area contributed by atoms with Crippen LogP contribution >= 0.6 is 11.8 Å². The van der Waals surface area contributed by atoms with E-state index in [1.54, 1.807) is 18.0 Å². The molecule has 0 aliphatic heterocycles. The van der Waals surface area contributed by atoms with Crippen LogP contribution in [-0.4, -0.2) is 11.2 Å². The highest BCUT2D eigenvalue weighted by Gasteiger charge is 2.18. The van der Waals surface area contributed by atoms with Crippen molar-refractivity contribution in [3.63, 3.8) is 0 Å². The molecule has 0 fully saturated rings. The number of nitrogens with one attached hydrogen (secondary N) is 1. The lowest BCUT2D eigenvalue weighted by Crippen LogP contribution is -2.25. The minimum absolute atomic E-state index is 0.0581. The predicted molar refractivity (Wildman–Crippen MR) is 88.6 cm³/mol. The van der Waals surface area contributed by atoms with Crippen molar-refractivity contribution in [2.75, 3.05) is 5.32 Å². The predicted octanol–water partition coefficient (Wildman–Crippen LogP) is 4.55. The number of benzene rings is 1. The first-order valence-corrected chi connectivity index (χ1v) is 8.17. The van der Waals surface area contributed by atoms with E-state index < -0.39 is 0 Å². The van der Waals surface area contributed by atoms with Gasteiger partial charge in [-0.15, -0.1) is 11.8 Å². The Kier molecular flexibility index (Phi) is 5.51. The van der Waals surface area contributed by atoms with Crippen LogP contribution in [0.4, 0.5) is 5.69 Å². The summed E-state index contributed by atoms with van der Waals surface area (Å²) >= 11 is 1.61. The molecule has 0 saturated heterocycles. The fraction of sp³-hybridized carbons (Fsp3) is 0.353. The molecule has 0 aliphatic carbocycles. The molecule has 2 rings (SSSR count). The zero-order chi connectivity index (χ0) is 15.2. The summed E-state index contributed by atoms with van der Waals surface area (Å²) in [6, 6.07) is 9.77. The molecule has 1 atom stereocenters. The van der Waals surface area contributed by atoms with Crippen LogP contribution in [0.5, 0.6) is 0 Å². The van der Waals surface area contributed by atoms with E-state index >= 15 is 0 Å². The number of carbonyl (C=O) groups is 1. The Morgan fingerprint density at radius 1 is 1.29 bits per heavy atom. The Balaban J connectivity index is 1.98. The van der Waals surface area contributed by atoms with Crippen LogP contribution in [0.25, 0.3) is 0 Å². The van der Waals surface area contributed by atoms with Crippen LogP contribution in [0.3, 0.4) is 0 Å². The Bertz CT molecular complexity index is 593. The highest BCUT2D eigenvalue weighted by molar-refractivity contribution is 7.99. The first-order valence-electron chi connectivity index (χ1n) is 7.13. The lowest BCUT2D eigenvalue weighted by atomic mass is 10.1. The van der Waals surface area contributed by atoms with E-state index in [2.05, 4.69) is 5.32 Å². The number of hydrogen-bond acceptors (Lipinski definition) is 3. The summed E-state index contributed by atoms with van der Waals surface area (Å²) in [5.41, 5.74) is 3.21. The average Bonchev–Trinajstić information content (AvgIpc) is 2.98. The Morgan fingerprint density at radius 3 is 2.76 bits per heavy atom. The number of furan rings is 1. The van der Waals surface area contributed by atoms with Crippen molar-refractivity contribution in [3.05, 3.63) is 53.5 Å². The zero-order valence-corrected chi connectivity index (χ0v) is 13.5. The smallest absolute Gasteiger partial charge is 0.237 e. The number of thioether (sulfide) groups is 1. The summed E-state index contributed by atoms with van der Waals surface area (Å²) in [4.78, 5) is 12.4. The first-order chi connectivity index (χ1) is 10.1. The molecule has 1 unspecified atom stereocenters. The number of rotatable bonds is 6. The van der Waals surface area contributed by atoms with E-state index in [0.717, 1.165) is 23.4 Å². The van der Waals surface area contributed by atoms with Gasteiger partial charge in [-0.2, -0.15) is 0 Å². The van der Waals surface area contributed by atoms with Gasteiger partial charge in [0.25, 0.3) is 0 Å². The van der Waals surface area contributed by atoms with Gasteiger partial charge in [-0.25, -0.2) is 0 Å². The molecule has 1 N–H and O–H groups in total. The molecular weight excluding hydrogens is 282 g/mol. The number of anilines is 1. The van der Waals surface area contributed by atoms with Gasteiger partial charge in [0, 0.05) is 5.69 Å². The summed E-state index contributed by atoms with van der Waals surface area (Å²) < 4.78 is 5.31. The van der Waals surface area contributed by atoms with Crippen LogP contribution < -0.4 is 5.32 Å². The van der Waals surface area contributed by atoms with E-state index in [1.165, 1.54) is 5.56 Å². The second kappa shape index (κ2) is 7.36. The highest BCUT2D eigenvalue weighted by atomic mass is 32.2. The number of carbonyl (C=O) groups excluding carboxylic acids is 1. The van der Waals surface area contributed by atoms with E-state index in [0.29, 0.717) is 5.75 Å². The third-order valence-electron chi connectivity index (χ3n) is 3.53. The van der Waals surface area contributed by atoms with Crippen molar-refractivity contribution < 1.29 is 9.21 Å². The molecule has 0 bridgehead atoms. The summed E-state index contributed by atoms with van der Waals surface area (Å²) in [7, 11) is 0. The van der Waals surface area contributed by atoms with Crippen molar-refractivity contribution >= 4 is 23.4 Å². The minimum atomic E-state index is -0.0741. The topological polar surface area (TPSA) is 42.2 Å². The molecule has 0 aliphatic rings. The maximum atomic E-state index is 12.4. The van der Waals surface area contributed by atoms with Gasteiger partial charge >= 0.3 is 0 Å². The molecule has 2 aromatic rings. The molecule has 4 heteroatoms. The van der Waals surface area contributed by atoms with E-state index in [4.69, 9.17) is 4.42 Å². The maximum absolute atomic E-state index is 12.4. The number of aryl methyl sites for hydroxylation is 1. The van der Waals surface area contributed by atoms with Gasteiger partial charge in [0.15, 0.2) is 0 Å². The zero-order valence-electron chi connectivity index (χ0n) is 12.7. The van der Waals surface area contributed by atoms with Crippen molar-refractivity contribution in [1.82, 2.24) is 0 Å². The second-order valence-electron chi connectivity index (χ2n) is 5.02. The summed E-state index contributed by atoms with van der Waals surface area (Å²) in [6.07, 6.45) is 2.45. The van der Waals surface area contributed by atoms with Crippen molar-refractivity contribution in [2.24, 2.45) is 0 Å². The normalized spacial score (nSPS) is 12.1. The lowest BCUT2D eigenvalue weighted by molar-refractivity contribution is -0.115. The first kappa shape index (κ1) is 15.7. The average molecular weight is 303 g/mol. The summed E-state index contributed by atoms with van der Waals surface area (Å²) in [5.74, 6) is 1.67. The van der Waals surface area contributed by atoms with Crippen LogP contribution in [0.1, 0.15) is 30.2 Å². The van der Waals surface area contributed by atoms with Gasteiger partial charge in [0.05, 0.1) is 17.3 Å². The third kappa shape index (κ3) is 4.14. The molecule has 1 aromatic carbocycles.